The molecule has 10 nitrogen and oxygen atoms in total. The minimum absolute atomic E-state index is 0.0510. The van der Waals surface area contributed by atoms with Gasteiger partial charge in [0.2, 0.25) is 10.0 Å². The van der Waals surface area contributed by atoms with E-state index in [-0.39, 0.29) is 17.1 Å². The lowest BCUT2D eigenvalue weighted by molar-refractivity contribution is -0.384. The van der Waals surface area contributed by atoms with E-state index in [1.165, 1.54) is 24.6 Å². The van der Waals surface area contributed by atoms with E-state index in [0.29, 0.717) is 11.3 Å². The molecule has 2 N–H and O–H groups in total. The third-order valence-corrected chi connectivity index (χ3v) is 4.97. The van der Waals surface area contributed by atoms with Crippen LogP contribution in [0.5, 0.6) is 0 Å². The van der Waals surface area contributed by atoms with Gasteiger partial charge in [-0.3, -0.25) is 20.5 Å². The van der Waals surface area contributed by atoms with Crippen molar-refractivity contribution in [2.45, 2.75) is 11.4 Å². The molecular formula is C17H15N5O5S. The van der Waals surface area contributed by atoms with Gasteiger partial charge in [-0.05, 0) is 30.3 Å². The molecule has 0 bridgehead atoms. The zero-order valence-electron chi connectivity index (χ0n) is 14.3. The molecule has 11 heteroatoms. The summed E-state index contributed by atoms with van der Waals surface area (Å²) in [4.78, 5) is 14.3. The summed E-state index contributed by atoms with van der Waals surface area (Å²) < 4.78 is 32.1. The second-order valence-corrected chi connectivity index (χ2v) is 7.26. The van der Waals surface area contributed by atoms with E-state index >= 15 is 0 Å². The summed E-state index contributed by atoms with van der Waals surface area (Å²) in [6.45, 7) is -0.0709. The third-order valence-electron chi connectivity index (χ3n) is 3.58. The molecule has 2 heterocycles. The van der Waals surface area contributed by atoms with E-state index in [1.807, 2.05) is 0 Å². The predicted molar refractivity (Wildman–Crippen MR) is 101 cm³/mol. The Morgan fingerprint density at radius 1 is 1.25 bits per heavy atom. The van der Waals surface area contributed by atoms with Crippen LogP contribution in [0.1, 0.15) is 11.3 Å². The Hall–Kier alpha value is -3.57. The second kappa shape index (κ2) is 8.41. The van der Waals surface area contributed by atoms with Crippen molar-refractivity contribution >= 4 is 27.6 Å². The molecule has 28 heavy (non-hydrogen) atoms. The van der Waals surface area contributed by atoms with Gasteiger partial charge in [0.15, 0.2) is 0 Å². The number of hydrazone groups is 1. The molecule has 0 unspecified atom stereocenters. The normalized spacial score (nSPS) is 11.6. The van der Waals surface area contributed by atoms with Crippen LogP contribution in [0.2, 0.25) is 0 Å². The molecule has 3 rings (SSSR count). The molecule has 0 fully saturated rings. The van der Waals surface area contributed by atoms with Crippen molar-refractivity contribution in [2.24, 2.45) is 5.10 Å². The molecule has 0 spiro atoms. The molecule has 3 aromatic rings. The Kier molecular flexibility index (Phi) is 5.77. The summed E-state index contributed by atoms with van der Waals surface area (Å²) in [5.74, 6) is 0.418. The van der Waals surface area contributed by atoms with Gasteiger partial charge in [0, 0.05) is 24.0 Å². The van der Waals surface area contributed by atoms with E-state index in [0.717, 1.165) is 6.07 Å². The first-order valence-electron chi connectivity index (χ1n) is 7.95. The molecule has 0 amide bonds. The number of benzene rings is 1. The molecule has 0 aliphatic heterocycles. The highest BCUT2D eigenvalue weighted by Gasteiger charge is 2.21. The zero-order chi connectivity index (χ0) is 20.0. The van der Waals surface area contributed by atoms with Crippen LogP contribution >= 0.6 is 0 Å². The number of hydrogen-bond donors (Lipinski definition) is 2. The van der Waals surface area contributed by atoms with Crippen LogP contribution in [0.3, 0.4) is 0 Å². The predicted octanol–water partition coefficient (Wildman–Crippen LogP) is 2.51. The largest absolute Gasteiger partial charge is 0.468 e. The Bertz CT molecular complexity index is 1080. The van der Waals surface area contributed by atoms with Crippen LogP contribution in [0.15, 0.2) is 75.5 Å². The van der Waals surface area contributed by atoms with Gasteiger partial charge in [0.25, 0.3) is 5.69 Å². The van der Waals surface area contributed by atoms with Crippen LogP contribution in [-0.4, -0.2) is 24.5 Å². The maximum atomic E-state index is 12.4. The molecule has 0 radical (unpaired) electrons. The number of nitrogens with zero attached hydrogens (tertiary/aromatic N) is 3. The SMILES string of the molecule is O=[N+]([O-])c1cc(S(=O)(=O)NCc2ccco2)ccc1N/N=C/c1cccnc1. The Balaban J connectivity index is 1.78. The summed E-state index contributed by atoms with van der Waals surface area (Å²) in [5, 5.41) is 15.3. The molecule has 1 aromatic carbocycles. The lowest BCUT2D eigenvalue weighted by Gasteiger charge is -2.07. The van der Waals surface area contributed by atoms with Gasteiger partial charge in [-0.2, -0.15) is 5.10 Å². The van der Waals surface area contributed by atoms with Crippen LogP contribution in [0.25, 0.3) is 0 Å². The molecule has 0 aliphatic rings. The first-order chi connectivity index (χ1) is 13.5. The van der Waals surface area contributed by atoms with Crippen molar-refractivity contribution in [2.75, 3.05) is 5.43 Å². The first-order valence-corrected chi connectivity index (χ1v) is 9.43. The van der Waals surface area contributed by atoms with E-state index in [1.54, 1.807) is 36.7 Å². The van der Waals surface area contributed by atoms with Crippen molar-refractivity contribution in [1.29, 1.82) is 0 Å². The lowest BCUT2D eigenvalue weighted by Crippen LogP contribution is -2.23. The Morgan fingerprint density at radius 3 is 2.79 bits per heavy atom. The van der Waals surface area contributed by atoms with Gasteiger partial charge in [-0.15, -0.1) is 0 Å². The number of rotatable bonds is 8. The van der Waals surface area contributed by atoms with E-state index in [9.17, 15) is 18.5 Å². The Labute approximate surface area is 160 Å². The van der Waals surface area contributed by atoms with Crippen molar-refractivity contribution in [3.63, 3.8) is 0 Å². The number of hydrogen-bond acceptors (Lipinski definition) is 8. The van der Waals surface area contributed by atoms with Crippen molar-refractivity contribution < 1.29 is 17.8 Å². The highest BCUT2D eigenvalue weighted by Crippen LogP contribution is 2.27. The van der Waals surface area contributed by atoms with Gasteiger partial charge in [0.05, 0.1) is 28.8 Å². The van der Waals surface area contributed by atoms with Crippen LogP contribution in [0, 0.1) is 10.1 Å². The standard InChI is InChI=1S/C17H15N5O5S/c23-22(24)17-9-15(28(25,26)20-12-14-4-2-8-27-14)5-6-16(17)21-19-11-13-3-1-7-18-10-13/h1-11,20-21H,12H2/b19-11+. The summed E-state index contributed by atoms with van der Waals surface area (Å²) in [5.41, 5.74) is 2.86. The third kappa shape index (κ3) is 4.78. The number of nitro groups is 1. The molecule has 0 saturated carbocycles. The summed E-state index contributed by atoms with van der Waals surface area (Å²) in [6.07, 6.45) is 6.03. The fourth-order valence-electron chi connectivity index (χ4n) is 2.22. The number of nitro benzene ring substituents is 1. The molecule has 144 valence electrons. The van der Waals surface area contributed by atoms with Crippen LogP contribution in [0.4, 0.5) is 11.4 Å². The number of pyridine rings is 1. The fourth-order valence-corrected chi connectivity index (χ4v) is 3.23. The molecular weight excluding hydrogens is 386 g/mol. The zero-order valence-corrected chi connectivity index (χ0v) is 15.2. The molecule has 0 atom stereocenters. The van der Waals surface area contributed by atoms with Gasteiger partial charge < -0.3 is 4.42 Å². The Morgan fingerprint density at radius 2 is 2.11 bits per heavy atom. The van der Waals surface area contributed by atoms with Gasteiger partial charge in [0.1, 0.15) is 11.4 Å². The summed E-state index contributed by atoms with van der Waals surface area (Å²) >= 11 is 0. The smallest absolute Gasteiger partial charge is 0.295 e. The number of aromatic nitrogens is 1. The number of nitrogens with one attached hydrogen (secondary N) is 2. The maximum Gasteiger partial charge on any atom is 0.295 e. The maximum absolute atomic E-state index is 12.4. The highest BCUT2D eigenvalue weighted by atomic mass is 32.2. The average Bonchev–Trinajstić information content (AvgIpc) is 3.21. The summed E-state index contributed by atoms with van der Waals surface area (Å²) in [6, 6.07) is 10.2. The second-order valence-electron chi connectivity index (χ2n) is 5.50. The highest BCUT2D eigenvalue weighted by molar-refractivity contribution is 7.89. The van der Waals surface area contributed by atoms with E-state index in [4.69, 9.17) is 4.42 Å². The van der Waals surface area contributed by atoms with Gasteiger partial charge >= 0.3 is 0 Å². The van der Waals surface area contributed by atoms with Gasteiger partial charge in [-0.25, -0.2) is 13.1 Å². The summed E-state index contributed by atoms with van der Waals surface area (Å²) in [7, 11) is -3.96. The van der Waals surface area contributed by atoms with Crippen molar-refractivity contribution in [3.05, 3.63) is 82.6 Å². The average molecular weight is 401 g/mol. The van der Waals surface area contributed by atoms with Crippen molar-refractivity contribution in [1.82, 2.24) is 9.71 Å². The van der Waals surface area contributed by atoms with Crippen molar-refractivity contribution in [3.8, 4) is 0 Å². The van der Waals surface area contributed by atoms with Crippen LogP contribution < -0.4 is 10.1 Å². The minimum Gasteiger partial charge on any atom is -0.468 e. The van der Waals surface area contributed by atoms with Crippen LogP contribution in [-0.2, 0) is 16.6 Å². The molecule has 0 aliphatic carbocycles. The number of anilines is 1. The van der Waals surface area contributed by atoms with E-state index < -0.39 is 20.6 Å². The molecule has 2 aromatic heterocycles. The quantitative estimate of drug-likeness (QED) is 0.336. The number of sulfonamides is 1. The monoisotopic (exact) mass is 401 g/mol. The lowest BCUT2D eigenvalue weighted by atomic mass is 10.3. The minimum atomic E-state index is -3.96. The first kappa shape index (κ1) is 19.2. The van der Waals surface area contributed by atoms with E-state index in [2.05, 4.69) is 20.2 Å². The van der Waals surface area contributed by atoms with Gasteiger partial charge in [-0.1, -0.05) is 6.07 Å². The topological polar surface area (TPSA) is 140 Å². The number of furan rings is 1. The fraction of sp³-hybridized carbons (Fsp3) is 0.0588. The molecule has 0 saturated heterocycles.